The predicted octanol–water partition coefficient (Wildman–Crippen LogP) is 2.36. The van der Waals surface area contributed by atoms with Crippen LogP contribution in [0.15, 0.2) is 18.2 Å². The van der Waals surface area contributed by atoms with Gasteiger partial charge in [-0.1, -0.05) is 6.07 Å². The van der Waals surface area contributed by atoms with Crippen molar-refractivity contribution in [1.29, 1.82) is 5.26 Å². The van der Waals surface area contributed by atoms with Crippen LogP contribution < -0.4 is 4.74 Å². The van der Waals surface area contributed by atoms with Gasteiger partial charge < -0.3 is 9.64 Å². The van der Waals surface area contributed by atoms with Crippen molar-refractivity contribution in [2.75, 3.05) is 33.5 Å². The predicted molar refractivity (Wildman–Crippen MR) is 72.4 cm³/mol. The zero-order chi connectivity index (χ0) is 12.7. The fraction of sp³-hybridized carbons (Fsp3) is 0.462. The molecule has 0 N–H and O–H groups in total. The van der Waals surface area contributed by atoms with Crippen molar-refractivity contribution in [3.63, 3.8) is 0 Å². The molecule has 1 rings (SSSR count). The standard InChI is InChI=1S/C13H18N2OS/c1-15(2)6-7-17-10-11-4-5-13(16-3)12(8-11)9-14/h4-5,8H,6-7,10H2,1-3H3. The largest absolute Gasteiger partial charge is 0.495 e. The maximum atomic E-state index is 8.97. The van der Waals surface area contributed by atoms with E-state index in [1.165, 1.54) is 5.56 Å². The Kier molecular flexibility index (Phi) is 5.88. The summed E-state index contributed by atoms with van der Waals surface area (Å²) in [6, 6.07) is 7.94. The smallest absolute Gasteiger partial charge is 0.136 e. The number of benzene rings is 1. The molecular weight excluding hydrogens is 232 g/mol. The minimum Gasteiger partial charge on any atom is -0.495 e. The molecule has 0 fully saturated rings. The number of ether oxygens (including phenoxy) is 1. The van der Waals surface area contributed by atoms with Gasteiger partial charge in [0.15, 0.2) is 0 Å². The Morgan fingerprint density at radius 3 is 2.76 bits per heavy atom. The van der Waals surface area contributed by atoms with E-state index in [1.54, 1.807) is 7.11 Å². The fourth-order valence-electron chi connectivity index (χ4n) is 1.37. The molecule has 0 heterocycles. The van der Waals surface area contributed by atoms with Crippen molar-refractivity contribution in [1.82, 2.24) is 4.90 Å². The van der Waals surface area contributed by atoms with Crippen LogP contribution >= 0.6 is 11.8 Å². The summed E-state index contributed by atoms with van der Waals surface area (Å²) in [5.41, 5.74) is 1.78. The molecule has 0 aliphatic carbocycles. The van der Waals surface area contributed by atoms with Gasteiger partial charge in [-0.25, -0.2) is 0 Å². The van der Waals surface area contributed by atoms with Gasteiger partial charge in [0.05, 0.1) is 12.7 Å². The third-order valence-electron chi connectivity index (χ3n) is 2.34. The van der Waals surface area contributed by atoms with Crippen LogP contribution in [0, 0.1) is 11.3 Å². The Morgan fingerprint density at radius 2 is 2.18 bits per heavy atom. The molecule has 0 unspecified atom stereocenters. The second kappa shape index (κ2) is 7.21. The maximum Gasteiger partial charge on any atom is 0.136 e. The highest BCUT2D eigenvalue weighted by Gasteiger charge is 2.03. The summed E-state index contributed by atoms with van der Waals surface area (Å²) in [5, 5.41) is 8.97. The van der Waals surface area contributed by atoms with Crippen molar-refractivity contribution in [3.05, 3.63) is 29.3 Å². The Hall–Kier alpha value is -1.18. The lowest BCUT2D eigenvalue weighted by Gasteiger charge is -2.09. The third kappa shape index (κ3) is 4.68. The highest BCUT2D eigenvalue weighted by atomic mass is 32.2. The number of nitrogens with zero attached hydrogens (tertiary/aromatic N) is 2. The van der Waals surface area contributed by atoms with Gasteiger partial charge in [-0.15, -0.1) is 0 Å². The summed E-state index contributed by atoms with van der Waals surface area (Å²) < 4.78 is 5.11. The van der Waals surface area contributed by atoms with Gasteiger partial charge in [0.1, 0.15) is 11.8 Å². The van der Waals surface area contributed by atoms with E-state index in [-0.39, 0.29) is 0 Å². The van der Waals surface area contributed by atoms with Crippen molar-refractivity contribution in [3.8, 4) is 11.8 Å². The molecule has 0 saturated carbocycles. The normalized spacial score (nSPS) is 10.3. The number of methoxy groups -OCH3 is 1. The van der Waals surface area contributed by atoms with E-state index in [1.807, 2.05) is 30.0 Å². The van der Waals surface area contributed by atoms with Crippen LogP contribution in [-0.2, 0) is 5.75 Å². The topological polar surface area (TPSA) is 36.3 Å². The van der Waals surface area contributed by atoms with Gasteiger partial charge in [-0.05, 0) is 31.8 Å². The quantitative estimate of drug-likeness (QED) is 0.726. The van der Waals surface area contributed by atoms with Gasteiger partial charge in [-0.2, -0.15) is 17.0 Å². The SMILES string of the molecule is COc1ccc(CSCCN(C)C)cc1C#N. The van der Waals surface area contributed by atoms with Gasteiger partial charge in [0, 0.05) is 18.1 Å². The zero-order valence-electron chi connectivity index (χ0n) is 10.6. The number of hydrogen-bond donors (Lipinski definition) is 0. The molecule has 3 nitrogen and oxygen atoms in total. The van der Waals surface area contributed by atoms with Gasteiger partial charge in [0.25, 0.3) is 0 Å². The molecule has 17 heavy (non-hydrogen) atoms. The average Bonchev–Trinajstić information content (AvgIpc) is 2.34. The van der Waals surface area contributed by atoms with Gasteiger partial charge >= 0.3 is 0 Å². The third-order valence-corrected chi connectivity index (χ3v) is 3.34. The first kappa shape index (κ1) is 13.9. The van der Waals surface area contributed by atoms with Crippen LogP contribution in [0.4, 0.5) is 0 Å². The number of nitriles is 1. The molecule has 0 spiro atoms. The maximum absolute atomic E-state index is 8.97. The highest BCUT2D eigenvalue weighted by Crippen LogP contribution is 2.21. The summed E-state index contributed by atoms with van der Waals surface area (Å²) in [4.78, 5) is 2.17. The summed E-state index contributed by atoms with van der Waals surface area (Å²) in [6.45, 7) is 1.08. The van der Waals surface area contributed by atoms with Gasteiger partial charge in [-0.3, -0.25) is 0 Å². The molecule has 1 aromatic rings. The monoisotopic (exact) mass is 250 g/mol. The zero-order valence-corrected chi connectivity index (χ0v) is 11.4. The first-order chi connectivity index (χ1) is 8.17. The summed E-state index contributed by atoms with van der Waals surface area (Å²) in [6.07, 6.45) is 0. The molecule has 92 valence electrons. The Bertz CT molecular complexity index is 399. The van der Waals surface area contributed by atoms with Crippen molar-refractivity contribution in [2.45, 2.75) is 5.75 Å². The average molecular weight is 250 g/mol. The lowest BCUT2D eigenvalue weighted by Crippen LogP contribution is -2.14. The lowest BCUT2D eigenvalue weighted by molar-refractivity contribution is 0.413. The minimum absolute atomic E-state index is 0.609. The first-order valence-electron chi connectivity index (χ1n) is 5.47. The summed E-state index contributed by atoms with van der Waals surface area (Å²) >= 11 is 1.88. The minimum atomic E-state index is 0.609. The molecule has 0 radical (unpaired) electrons. The van der Waals surface area contributed by atoms with Crippen LogP contribution in [0.1, 0.15) is 11.1 Å². The Labute approximate surface area is 107 Å². The number of hydrogen-bond acceptors (Lipinski definition) is 4. The van der Waals surface area contributed by atoms with E-state index in [0.29, 0.717) is 11.3 Å². The van der Waals surface area contributed by atoms with E-state index in [0.717, 1.165) is 18.1 Å². The van der Waals surface area contributed by atoms with Crippen molar-refractivity contribution in [2.24, 2.45) is 0 Å². The second-order valence-electron chi connectivity index (χ2n) is 4.00. The fourth-order valence-corrected chi connectivity index (χ4v) is 2.42. The molecule has 0 saturated heterocycles. The van der Waals surface area contributed by atoms with Crippen LogP contribution in [-0.4, -0.2) is 38.4 Å². The second-order valence-corrected chi connectivity index (χ2v) is 5.11. The molecule has 4 heteroatoms. The lowest BCUT2D eigenvalue weighted by atomic mass is 10.1. The Balaban J connectivity index is 2.52. The van der Waals surface area contributed by atoms with Crippen LogP contribution in [0.5, 0.6) is 5.75 Å². The first-order valence-corrected chi connectivity index (χ1v) is 6.62. The van der Waals surface area contributed by atoms with Crippen LogP contribution in [0.3, 0.4) is 0 Å². The molecule has 1 aromatic carbocycles. The van der Waals surface area contributed by atoms with E-state index < -0.39 is 0 Å². The van der Waals surface area contributed by atoms with Crippen molar-refractivity contribution >= 4 is 11.8 Å². The van der Waals surface area contributed by atoms with Gasteiger partial charge in [0.2, 0.25) is 0 Å². The molecule has 0 aromatic heterocycles. The van der Waals surface area contributed by atoms with Crippen LogP contribution in [0.2, 0.25) is 0 Å². The molecule has 0 bridgehead atoms. The summed E-state index contributed by atoms with van der Waals surface area (Å²) in [7, 11) is 5.73. The van der Waals surface area contributed by atoms with E-state index in [9.17, 15) is 0 Å². The molecular formula is C13H18N2OS. The Morgan fingerprint density at radius 1 is 1.41 bits per heavy atom. The molecule has 0 atom stereocenters. The van der Waals surface area contributed by atoms with E-state index in [4.69, 9.17) is 10.00 Å². The van der Waals surface area contributed by atoms with E-state index >= 15 is 0 Å². The highest BCUT2D eigenvalue weighted by molar-refractivity contribution is 7.98. The number of thioether (sulfide) groups is 1. The molecule has 0 aliphatic rings. The van der Waals surface area contributed by atoms with Crippen molar-refractivity contribution < 1.29 is 4.74 Å². The molecule has 0 aliphatic heterocycles. The number of rotatable bonds is 6. The van der Waals surface area contributed by atoms with Crippen LogP contribution in [0.25, 0.3) is 0 Å². The molecule has 0 amide bonds. The summed E-state index contributed by atoms with van der Waals surface area (Å²) in [5.74, 6) is 2.68. The van der Waals surface area contributed by atoms with E-state index in [2.05, 4.69) is 25.1 Å².